The predicted molar refractivity (Wildman–Crippen MR) is 92.1 cm³/mol. The molecule has 0 fully saturated rings. The van der Waals surface area contributed by atoms with Crippen molar-refractivity contribution in [1.29, 1.82) is 0 Å². The number of carbonyl (C=O) groups excluding carboxylic acids is 1. The van der Waals surface area contributed by atoms with Crippen LogP contribution in [0.2, 0.25) is 5.02 Å². The molecule has 116 valence electrons. The zero-order valence-corrected chi connectivity index (χ0v) is 14.0. The van der Waals surface area contributed by atoms with Crippen LogP contribution in [0.15, 0.2) is 36.4 Å². The molecule has 2 aromatic carbocycles. The van der Waals surface area contributed by atoms with Crippen LogP contribution in [0.1, 0.15) is 16.7 Å². The van der Waals surface area contributed by atoms with E-state index in [0.717, 1.165) is 16.8 Å². The van der Waals surface area contributed by atoms with Gasteiger partial charge in [0.2, 0.25) is 5.91 Å². The molecule has 0 bridgehead atoms. The number of rotatable bonds is 5. The van der Waals surface area contributed by atoms with Crippen LogP contribution < -0.4 is 5.32 Å². The van der Waals surface area contributed by atoms with Gasteiger partial charge in [-0.2, -0.15) is 0 Å². The minimum absolute atomic E-state index is 0.0897. The fraction of sp³-hybridized carbons (Fsp3) is 0.235. The van der Waals surface area contributed by atoms with Crippen molar-refractivity contribution in [2.45, 2.75) is 19.6 Å². The first-order valence-corrected chi connectivity index (χ1v) is 8.38. The molecule has 2 rings (SSSR count). The number of hydrogen-bond donors (Lipinski definition) is 1. The Morgan fingerprint density at radius 3 is 2.77 bits per heavy atom. The Labute approximate surface area is 139 Å². The van der Waals surface area contributed by atoms with Crippen molar-refractivity contribution in [3.63, 3.8) is 0 Å². The largest absolute Gasteiger partial charge is 0.325 e. The quantitative estimate of drug-likeness (QED) is 0.834. The van der Waals surface area contributed by atoms with Crippen LogP contribution in [0.4, 0.5) is 10.1 Å². The van der Waals surface area contributed by atoms with Crippen LogP contribution in [0.5, 0.6) is 0 Å². The fourth-order valence-corrected chi connectivity index (χ4v) is 2.94. The Bertz CT molecular complexity index is 690. The molecular formula is C17H17ClFNOS. The van der Waals surface area contributed by atoms with Crippen molar-refractivity contribution >= 4 is 35.0 Å². The van der Waals surface area contributed by atoms with E-state index in [2.05, 4.69) is 5.32 Å². The molecule has 0 heterocycles. The molecule has 1 N–H and O–H groups in total. The van der Waals surface area contributed by atoms with Gasteiger partial charge < -0.3 is 5.32 Å². The molecule has 0 spiro atoms. The second-order valence-electron chi connectivity index (χ2n) is 5.02. The number of carbonyl (C=O) groups is 1. The molecule has 22 heavy (non-hydrogen) atoms. The monoisotopic (exact) mass is 337 g/mol. The van der Waals surface area contributed by atoms with Crippen molar-refractivity contribution < 1.29 is 9.18 Å². The molecule has 0 aliphatic rings. The van der Waals surface area contributed by atoms with E-state index in [0.29, 0.717) is 16.3 Å². The highest BCUT2D eigenvalue weighted by Gasteiger charge is 2.08. The van der Waals surface area contributed by atoms with E-state index in [1.807, 2.05) is 32.0 Å². The van der Waals surface area contributed by atoms with Crippen molar-refractivity contribution in [2.75, 3.05) is 11.1 Å². The summed E-state index contributed by atoms with van der Waals surface area (Å²) in [7, 11) is 0. The van der Waals surface area contributed by atoms with Gasteiger partial charge in [0.05, 0.1) is 5.75 Å². The van der Waals surface area contributed by atoms with Gasteiger partial charge in [0, 0.05) is 16.5 Å². The summed E-state index contributed by atoms with van der Waals surface area (Å²) < 4.78 is 13.6. The summed E-state index contributed by atoms with van der Waals surface area (Å²) in [6.07, 6.45) is 0. The molecule has 2 nitrogen and oxygen atoms in total. The maximum absolute atomic E-state index is 13.6. The molecule has 5 heteroatoms. The van der Waals surface area contributed by atoms with Crippen LogP contribution in [-0.2, 0) is 10.5 Å². The number of anilines is 1. The van der Waals surface area contributed by atoms with Crippen LogP contribution in [0, 0.1) is 19.7 Å². The summed E-state index contributed by atoms with van der Waals surface area (Å²) in [5.74, 6) is 0.279. The van der Waals surface area contributed by atoms with Crippen LogP contribution in [-0.4, -0.2) is 11.7 Å². The smallest absolute Gasteiger partial charge is 0.234 e. The number of thioether (sulfide) groups is 1. The summed E-state index contributed by atoms with van der Waals surface area (Å²) in [5, 5.41) is 3.26. The summed E-state index contributed by atoms with van der Waals surface area (Å²) >= 11 is 7.08. The average Bonchev–Trinajstić information content (AvgIpc) is 2.46. The van der Waals surface area contributed by atoms with Gasteiger partial charge in [-0.15, -0.1) is 11.8 Å². The lowest BCUT2D eigenvalue weighted by atomic mass is 10.1. The van der Waals surface area contributed by atoms with Crippen molar-refractivity contribution in [3.05, 3.63) is 63.9 Å². The van der Waals surface area contributed by atoms with Crippen LogP contribution in [0.25, 0.3) is 0 Å². The van der Waals surface area contributed by atoms with E-state index in [1.54, 1.807) is 12.1 Å². The SMILES string of the molecule is Cc1cccc(NC(=O)CSCc2ccc(Cl)cc2F)c1C. The molecular weight excluding hydrogens is 321 g/mol. The number of benzene rings is 2. The highest BCUT2D eigenvalue weighted by atomic mass is 35.5. The molecule has 2 aromatic rings. The number of nitrogens with one attached hydrogen (secondary N) is 1. The van der Waals surface area contributed by atoms with E-state index in [9.17, 15) is 9.18 Å². The molecule has 0 aliphatic carbocycles. The van der Waals surface area contributed by atoms with Gasteiger partial charge in [0.15, 0.2) is 0 Å². The minimum Gasteiger partial charge on any atom is -0.325 e. The molecule has 0 aliphatic heterocycles. The first kappa shape index (κ1) is 16.8. The highest BCUT2D eigenvalue weighted by Crippen LogP contribution is 2.21. The highest BCUT2D eigenvalue weighted by molar-refractivity contribution is 7.99. The molecule has 0 saturated carbocycles. The lowest BCUT2D eigenvalue weighted by molar-refractivity contribution is -0.113. The average molecular weight is 338 g/mol. The van der Waals surface area contributed by atoms with Gasteiger partial charge in [-0.05, 0) is 48.7 Å². The van der Waals surface area contributed by atoms with E-state index >= 15 is 0 Å². The van der Waals surface area contributed by atoms with Gasteiger partial charge in [-0.25, -0.2) is 4.39 Å². The van der Waals surface area contributed by atoms with E-state index in [4.69, 9.17) is 11.6 Å². The molecule has 0 aromatic heterocycles. The first-order chi connectivity index (χ1) is 10.5. The summed E-state index contributed by atoms with van der Waals surface area (Å²) in [6.45, 7) is 3.98. The topological polar surface area (TPSA) is 29.1 Å². The Kier molecular flexibility index (Phi) is 5.86. The number of halogens is 2. The zero-order chi connectivity index (χ0) is 16.1. The summed E-state index contributed by atoms with van der Waals surface area (Å²) in [6, 6.07) is 10.4. The fourth-order valence-electron chi connectivity index (χ4n) is 1.97. The van der Waals surface area contributed by atoms with Gasteiger partial charge in [-0.1, -0.05) is 29.8 Å². The Balaban J connectivity index is 1.87. The second kappa shape index (κ2) is 7.65. The number of amides is 1. The van der Waals surface area contributed by atoms with Crippen LogP contribution in [0.3, 0.4) is 0 Å². The third-order valence-electron chi connectivity index (χ3n) is 3.38. The maximum atomic E-state index is 13.6. The lowest BCUT2D eigenvalue weighted by Gasteiger charge is -2.10. The molecule has 0 atom stereocenters. The van der Waals surface area contributed by atoms with Crippen LogP contribution >= 0.6 is 23.4 Å². The third-order valence-corrected chi connectivity index (χ3v) is 4.60. The molecule has 0 radical (unpaired) electrons. The summed E-state index contributed by atoms with van der Waals surface area (Å²) in [4.78, 5) is 12.0. The van der Waals surface area contributed by atoms with E-state index in [1.165, 1.54) is 17.8 Å². The Hall–Kier alpha value is -1.52. The van der Waals surface area contributed by atoms with Gasteiger partial charge >= 0.3 is 0 Å². The lowest BCUT2D eigenvalue weighted by Crippen LogP contribution is -2.15. The second-order valence-corrected chi connectivity index (χ2v) is 6.45. The van der Waals surface area contributed by atoms with Gasteiger partial charge in [0.1, 0.15) is 5.82 Å². The first-order valence-electron chi connectivity index (χ1n) is 6.85. The normalized spacial score (nSPS) is 10.5. The maximum Gasteiger partial charge on any atom is 0.234 e. The number of hydrogen-bond acceptors (Lipinski definition) is 2. The van der Waals surface area contributed by atoms with E-state index in [-0.39, 0.29) is 17.5 Å². The predicted octanol–water partition coefficient (Wildman–Crippen LogP) is 4.97. The summed E-state index contributed by atoms with van der Waals surface area (Å²) in [5.41, 5.74) is 3.57. The standard InChI is InChI=1S/C17H17ClFNOS/c1-11-4-3-5-16(12(11)2)20-17(21)10-22-9-13-6-7-14(18)8-15(13)19/h3-8H,9-10H2,1-2H3,(H,20,21). The molecule has 0 saturated heterocycles. The van der Waals surface area contributed by atoms with Crippen molar-refractivity contribution in [3.8, 4) is 0 Å². The molecule has 1 amide bonds. The van der Waals surface area contributed by atoms with Crippen molar-refractivity contribution in [2.24, 2.45) is 0 Å². The van der Waals surface area contributed by atoms with Gasteiger partial charge in [-0.3, -0.25) is 4.79 Å². The number of aryl methyl sites for hydroxylation is 1. The van der Waals surface area contributed by atoms with E-state index < -0.39 is 0 Å². The Morgan fingerprint density at radius 1 is 1.27 bits per heavy atom. The zero-order valence-electron chi connectivity index (χ0n) is 12.5. The van der Waals surface area contributed by atoms with Gasteiger partial charge in [0.25, 0.3) is 0 Å². The third kappa shape index (κ3) is 4.49. The van der Waals surface area contributed by atoms with Crippen molar-refractivity contribution in [1.82, 2.24) is 0 Å². The molecule has 0 unspecified atom stereocenters. The Morgan fingerprint density at radius 2 is 2.05 bits per heavy atom. The minimum atomic E-state index is -0.338.